The number of nitrogens with one attached hydrogen (secondary N) is 1. The van der Waals surface area contributed by atoms with Crippen LogP contribution in [0.15, 0.2) is 40.8 Å². The molecule has 1 aliphatic rings. The summed E-state index contributed by atoms with van der Waals surface area (Å²) in [5, 5.41) is 2.49. The molecule has 90 valence electrons. The van der Waals surface area contributed by atoms with Gasteiger partial charge in [0.1, 0.15) is 5.01 Å². The van der Waals surface area contributed by atoms with E-state index in [0.717, 1.165) is 11.3 Å². The Bertz CT molecular complexity index is 623. The largest absolute Gasteiger partial charge is 0.293 e. The number of thiazole rings is 1. The fourth-order valence-corrected chi connectivity index (χ4v) is 2.95. The van der Waals surface area contributed by atoms with Gasteiger partial charge >= 0.3 is 0 Å². The molecule has 1 aliphatic heterocycles. The Morgan fingerprint density at radius 1 is 1.39 bits per heavy atom. The standard InChI is InChI=1S/C12H10N4OS/c13-16-10(17)12(11-14-5-6-18-11)7-15-9-4-2-1-3-8(9)12/h1-7H,13H2,(H,16,17). The first kappa shape index (κ1) is 11.1. The number of para-hydroxylation sites is 1. The van der Waals surface area contributed by atoms with Gasteiger partial charge in [-0.1, -0.05) is 18.2 Å². The van der Waals surface area contributed by atoms with Crippen LogP contribution in [0.4, 0.5) is 5.69 Å². The Morgan fingerprint density at radius 2 is 2.22 bits per heavy atom. The lowest BCUT2D eigenvalue weighted by atomic mass is 9.82. The highest BCUT2D eigenvalue weighted by Crippen LogP contribution is 2.42. The second-order valence-corrected chi connectivity index (χ2v) is 4.79. The van der Waals surface area contributed by atoms with E-state index in [-0.39, 0.29) is 5.91 Å². The van der Waals surface area contributed by atoms with Crippen LogP contribution >= 0.6 is 11.3 Å². The number of hydrogen-bond acceptors (Lipinski definition) is 5. The third kappa shape index (κ3) is 1.33. The van der Waals surface area contributed by atoms with Gasteiger partial charge in [-0.2, -0.15) is 0 Å². The smallest absolute Gasteiger partial charge is 0.257 e. The molecule has 3 N–H and O–H groups in total. The van der Waals surface area contributed by atoms with Crippen molar-refractivity contribution in [2.24, 2.45) is 10.8 Å². The Labute approximate surface area is 107 Å². The quantitative estimate of drug-likeness (QED) is 0.481. The van der Waals surface area contributed by atoms with Crippen LogP contribution in [0.2, 0.25) is 0 Å². The lowest BCUT2D eigenvalue weighted by Crippen LogP contribution is -2.48. The highest BCUT2D eigenvalue weighted by molar-refractivity contribution is 7.10. The van der Waals surface area contributed by atoms with E-state index in [0.29, 0.717) is 5.01 Å². The van der Waals surface area contributed by atoms with E-state index in [4.69, 9.17) is 5.84 Å². The summed E-state index contributed by atoms with van der Waals surface area (Å²) in [6.45, 7) is 0. The Balaban J connectivity index is 2.27. The summed E-state index contributed by atoms with van der Waals surface area (Å²) in [6, 6.07) is 7.50. The molecule has 1 unspecified atom stereocenters. The number of aliphatic imine (C=N–C) groups is 1. The minimum absolute atomic E-state index is 0.328. The fourth-order valence-electron chi connectivity index (χ4n) is 2.14. The molecule has 0 aliphatic carbocycles. The minimum Gasteiger partial charge on any atom is -0.293 e. The molecule has 0 bridgehead atoms. The van der Waals surface area contributed by atoms with Crippen LogP contribution in [-0.2, 0) is 10.2 Å². The molecule has 1 amide bonds. The van der Waals surface area contributed by atoms with Crippen molar-refractivity contribution in [1.82, 2.24) is 10.4 Å². The number of rotatable bonds is 2. The van der Waals surface area contributed by atoms with E-state index in [1.54, 1.807) is 12.4 Å². The number of carbonyl (C=O) groups is 1. The average Bonchev–Trinajstić information content (AvgIpc) is 3.05. The van der Waals surface area contributed by atoms with Crippen LogP contribution in [0.5, 0.6) is 0 Å². The lowest BCUT2D eigenvalue weighted by Gasteiger charge is -2.22. The van der Waals surface area contributed by atoms with Gasteiger partial charge < -0.3 is 0 Å². The zero-order valence-corrected chi connectivity index (χ0v) is 10.1. The van der Waals surface area contributed by atoms with Crippen LogP contribution in [-0.4, -0.2) is 17.1 Å². The summed E-state index contributed by atoms with van der Waals surface area (Å²) in [5.74, 6) is 4.99. The molecular formula is C12H10N4OS. The molecule has 6 heteroatoms. The molecule has 2 aromatic rings. The van der Waals surface area contributed by atoms with Gasteiger partial charge in [-0.3, -0.25) is 15.2 Å². The van der Waals surface area contributed by atoms with Gasteiger partial charge in [-0.15, -0.1) is 11.3 Å². The third-order valence-corrected chi connectivity index (χ3v) is 3.89. The zero-order valence-electron chi connectivity index (χ0n) is 9.33. The molecule has 1 aromatic carbocycles. The Morgan fingerprint density at radius 3 is 2.94 bits per heavy atom. The SMILES string of the molecule is NNC(=O)C1(c2nccs2)C=Nc2ccccc21. The number of benzene rings is 1. The number of nitrogens with zero attached hydrogens (tertiary/aromatic N) is 2. The number of hydrogen-bond donors (Lipinski definition) is 2. The van der Waals surface area contributed by atoms with Gasteiger partial charge in [0.25, 0.3) is 5.91 Å². The number of amides is 1. The maximum absolute atomic E-state index is 12.2. The van der Waals surface area contributed by atoms with Gasteiger partial charge in [-0.25, -0.2) is 10.8 Å². The zero-order chi connectivity index (χ0) is 12.6. The normalized spacial score (nSPS) is 20.7. The molecule has 0 fully saturated rings. The van der Waals surface area contributed by atoms with E-state index in [1.165, 1.54) is 11.3 Å². The lowest BCUT2D eigenvalue weighted by molar-refractivity contribution is -0.123. The van der Waals surface area contributed by atoms with Crippen molar-refractivity contribution in [2.75, 3.05) is 0 Å². The van der Waals surface area contributed by atoms with Crippen LogP contribution in [0.1, 0.15) is 10.6 Å². The molecule has 2 heterocycles. The maximum atomic E-state index is 12.2. The molecule has 18 heavy (non-hydrogen) atoms. The van der Waals surface area contributed by atoms with Crippen LogP contribution < -0.4 is 11.3 Å². The van der Waals surface area contributed by atoms with E-state index in [2.05, 4.69) is 15.4 Å². The van der Waals surface area contributed by atoms with Crippen molar-refractivity contribution in [2.45, 2.75) is 5.41 Å². The molecular weight excluding hydrogens is 248 g/mol. The topological polar surface area (TPSA) is 80.4 Å². The number of aromatic nitrogens is 1. The summed E-state index contributed by atoms with van der Waals surface area (Å²) >= 11 is 1.41. The van der Waals surface area contributed by atoms with Gasteiger partial charge in [0, 0.05) is 23.4 Å². The van der Waals surface area contributed by atoms with Crippen LogP contribution in [0.3, 0.4) is 0 Å². The molecule has 3 rings (SSSR count). The van der Waals surface area contributed by atoms with Crippen LogP contribution in [0, 0.1) is 0 Å². The van der Waals surface area contributed by atoms with Crippen molar-refractivity contribution in [1.29, 1.82) is 0 Å². The summed E-state index contributed by atoms with van der Waals surface area (Å²) in [4.78, 5) is 20.8. The molecule has 0 saturated carbocycles. The predicted octanol–water partition coefficient (Wildman–Crippen LogP) is 1.14. The first-order valence-electron chi connectivity index (χ1n) is 5.35. The first-order valence-corrected chi connectivity index (χ1v) is 6.23. The summed E-state index contributed by atoms with van der Waals surface area (Å²) in [7, 11) is 0. The van der Waals surface area contributed by atoms with Gasteiger partial charge in [-0.05, 0) is 6.07 Å². The van der Waals surface area contributed by atoms with Gasteiger partial charge in [0.2, 0.25) is 0 Å². The Kier molecular flexibility index (Phi) is 2.46. The monoisotopic (exact) mass is 258 g/mol. The highest BCUT2D eigenvalue weighted by atomic mass is 32.1. The predicted molar refractivity (Wildman–Crippen MR) is 69.8 cm³/mol. The highest BCUT2D eigenvalue weighted by Gasteiger charge is 2.47. The molecule has 1 aromatic heterocycles. The molecule has 1 atom stereocenters. The summed E-state index contributed by atoms with van der Waals surface area (Å²) in [5.41, 5.74) is 2.80. The number of nitrogens with two attached hydrogens (primary N) is 1. The minimum atomic E-state index is -1.00. The fraction of sp³-hybridized carbons (Fsp3) is 0.0833. The summed E-state index contributed by atoms with van der Waals surface area (Å²) < 4.78 is 0. The maximum Gasteiger partial charge on any atom is 0.257 e. The molecule has 5 nitrogen and oxygen atoms in total. The van der Waals surface area contributed by atoms with Gasteiger partial charge in [0.05, 0.1) is 5.69 Å². The molecule has 0 radical (unpaired) electrons. The third-order valence-electron chi connectivity index (χ3n) is 2.99. The first-order chi connectivity index (χ1) is 8.79. The van der Waals surface area contributed by atoms with Crippen molar-refractivity contribution in [3.05, 3.63) is 46.4 Å². The number of carbonyl (C=O) groups excluding carboxylic acids is 1. The van der Waals surface area contributed by atoms with Crippen LogP contribution in [0.25, 0.3) is 0 Å². The van der Waals surface area contributed by atoms with E-state index in [1.807, 2.05) is 29.6 Å². The number of hydrazine groups is 1. The number of fused-ring (bicyclic) bond motifs is 1. The van der Waals surface area contributed by atoms with Crippen molar-refractivity contribution >= 4 is 29.1 Å². The van der Waals surface area contributed by atoms with E-state index < -0.39 is 5.41 Å². The summed E-state index contributed by atoms with van der Waals surface area (Å²) in [6.07, 6.45) is 3.28. The Hall–Kier alpha value is -2.05. The van der Waals surface area contributed by atoms with Crippen molar-refractivity contribution < 1.29 is 4.79 Å². The van der Waals surface area contributed by atoms with E-state index >= 15 is 0 Å². The van der Waals surface area contributed by atoms with Crippen molar-refractivity contribution in [3.8, 4) is 0 Å². The molecule has 0 saturated heterocycles. The average molecular weight is 258 g/mol. The van der Waals surface area contributed by atoms with E-state index in [9.17, 15) is 4.79 Å². The molecule has 0 spiro atoms. The van der Waals surface area contributed by atoms with Crippen molar-refractivity contribution in [3.63, 3.8) is 0 Å². The second kappa shape index (κ2) is 4.01. The second-order valence-electron chi connectivity index (χ2n) is 3.89. The van der Waals surface area contributed by atoms with Gasteiger partial charge in [0.15, 0.2) is 5.41 Å².